The van der Waals surface area contributed by atoms with Gasteiger partial charge in [-0.1, -0.05) is 0 Å². The van der Waals surface area contributed by atoms with E-state index in [1.165, 1.54) is 13.1 Å². The molecular formula is C20H18F6N6O. The Balaban J connectivity index is 1.52. The highest BCUT2D eigenvalue weighted by Gasteiger charge is 2.36. The van der Waals surface area contributed by atoms with Crippen LogP contribution >= 0.6 is 0 Å². The minimum Gasteiger partial charge on any atom is -0.348 e. The zero-order chi connectivity index (χ0) is 24.0. The maximum Gasteiger partial charge on any atom is 0.435 e. The van der Waals surface area contributed by atoms with Gasteiger partial charge in [0.25, 0.3) is 5.91 Å². The molecule has 1 atom stereocenters. The lowest BCUT2D eigenvalue weighted by molar-refractivity contribution is -0.142. The van der Waals surface area contributed by atoms with E-state index >= 15 is 0 Å². The van der Waals surface area contributed by atoms with Crippen LogP contribution in [0.2, 0.25) is 0 Å². The number of halogens is 6. The lowest BCUT2D eigenvalue weighted by Crippen LogP contribution is -2.37. The molecule has 0 spiro atoms. The molecule has 13 heteroatoms. The zero-order valence-electron chi connectivity index (χ0n) is 17.2. The van der Waals surface area contributed by atoms with Crippen molar-refractivity contribution in [2.45, 2.75) is 44.2 Å². The summed E-state index contributed by atoms with van der Waals surface area (Å²) in [4.78, 5) is 15.9. The molecule has 0 saturated heterocycles. The Kier molecular flexibility index (Phi) is 5.66. The van der Waals surface area contributed by atoms with Crippen molar-refractivity contribution in [3.63, 3.8) is 0 Å². The molecule has 0 fully saturated rings. The fourth-order valence-electron chi connectivity index (χ4n) is 3.74. The summed E-state index contributed by atoms with van der Waals surface area (Å²) in [5, 5.41) is 10.5. The van der Waals surface area contributed by atoms with Gasteiger partial charge in [-0.2, -0.15) is 36.5 Å². The summed E-state index contributed by atoms with van der Waals surface area (Å²) < 4.78 is 80.1. The molecule has 0 saturated carbocycles. The lowest BCUT2D eigenvalue weighted by Gasteiger charge is -2.16. The first-order chi connectivity index (χ1) is 15.4. The third-order valence-corrected chi connectivity index (χ3v) is 5.33. The van der Waals surface area contributed by atoms with E-state index in [-0.39, 0.29) is 11.3 Å². The zero-order valence-corrected chi connectivity index (χ0v) is 17.2. The number of hydrogen-bond donors (Lipinski definition) is 1. The molecule has 1 aliphatic rings. The van der Waals surface area contributed by atoms with Crippen LogP contribution in [0.3, 0.4) is 0 Å². The number of rotatable bonds is 3. The molecule has 176 valence electrons. The monoisotopic (exact) mass is 472 g/mol. The van der Waals surface area contributed by atoms with Crippen molar-refractivity contribution in [2.75, 3.05) is 0 Å². The molecule has 4 rings (SSSR count). The Morgan fingerprint density at radius 3 is 2.45 bits per heavy atom. The van der Waals surface area contributed by atoms with Crippen LogP contribution in [-0.2, 0) is 32.4 Å². The summed E-state index contributed by atoms with van der Waals surface area (Å²) >= 11 is 0. The molecule has 0 aliphatic carbocycles. The van der Waals surface area contributed by atoms with Crippen molar-refractivity contribution < 1.29 is 31.1 Å². The SMILES string of the molecule is Cn1nc(C(F)(F)F)cc1C(=O)NC1CCCn2nc(-c3ccnc(C(F)(F)F)c3)cc2C1. The van der Waals surface area contributed by atoms with E-state index in [1.54, 1.807) is 10.7 Å². The van der Waals surface area contributed by atoms with Gasteiger partial charge in [-0.3, -0.25) is 19.1 Å². The van der Waals surface area contributed by atoms with Gasteiger partial charge in [-0.25, -0.2) is 0 Å². The quantitative estimate of drug-likeness (QED) is 0.588. The minimum atomic E-state index is -4.67. The number of aromatic nitrogens is 5. The first kappa shape index (κ1) is 22.8. The largest absolute Gasteiger partial charge is 0.435 e. The molecule has 33 heavy (non-hydrogen) atoms. The molecule has 0 radical (unpaired) electrons. The summed E-state index contributed by atoms with van der Waals surface area (Å²) in [7, 11) is 1.25. The van der Waals surface area contributed by atoms with Crippen LogP contribution in [0.4, 0.5) is 26.3 Å². The number of aryl methyl sites for hydroxylation is 2. The highest BCUT2D eigenvalue weighted by molar-refractivity contribution is 5.92. The summed E-state index contributed by atoms with van der Waals surface area (Å²) in [6.07, 6.45) is -6.69. The molecule has 0 bridgehead atoms. The van der Waals surface area contributed by atoms with Gasteiger partial charge >= 0.3 is 12.4 Å². The number of carbonyl (C=O) groups excluding carboxylic acids is 1. The number of amides is 1. The molecule has 0 aromatic carbocycles. The molecule has 7 nitrogen and oxygen atoms in total. The first-order valence-electron chi connectivity index (χ1n) is 9.94. The van der Waals surface area contributed by atoms with Crippen molar-refractivity contribution in [2.24, 2.45) is 7.05 Å². The number of fused-ring (bicyclic) bond motifs is 1. The summed E-state index contributed by atoms with van der Waals surface area (Å²) in [5.74, 6) is -0.692. The van der Waals surface area contributed by atoms with Gasteiger partial charge in [0.15, 0.2) is 5.69 Å². The highest BCUT2D eigenvalue weighted by Crippen LogP contribution is 2.31. The maximum atomic E-state index is 13.0. The van der Waals surface area contributed by atoms with Crippen LogP contribution in [0, 0.1) is 0 Å². The Morgan fingerprint density at radius 1 is 1.06 bits per heavy atom. The second-order valence-electron chi connectivity index (χ2n) is 7.72. The topological polar surface area (TPSA) is 77.6 Å². The van der Waals surface area contributed by atoms with E-state index < -0.39 is 35.7 Å². The molecule has 1 amide bonds. The molecular weight excluding hydrogens is 454 g/mol. The fraction of sp³-hybridized carbons (Fsp3) is 0.400. The van der Waals surface area contributed by atoms with Crippen LogP contribution in [0.15, 0.2) is 30.5 Å². The van der Waals surface area contributed by atoms with Crippen molar-refractivity contribution in [3.8, 4) is 11.3 Å². The number of pyridine rings is 1. The number of hydrogen-bond acceptors (Lipinski definition) is 4. The summed E-state index contributed by atoms with van der Waals surface area (Å²) in [5.41, 5.74) is -1.12. The van der Waals surface area contributed by atoms with Crippen molar-refractivity contribution >= 4 is 5.91 Å². The molecule has 3 aromatic rings. The van der Waals surface area contributed by atoms with Crippen molar-refractivity contribution in [1.29, 1.82) is 0 Å². The van der Waals surface area contributed by atoms with E-state index in [9.17, 15) is 31.1 Å². The standard InChI is InChI=1S/C20H18F6N6O/c1-31-15(10-17(30-31)20(24,25)26)18(33)28-12-3-2-6-32-13(8-12)9-14(29-32)11-4-5-27-16(7-11)19(21,22)23/h4-5,7,9-10,12H,2-3,6,8H2,1H3,(H,28,33). The molecule has 1 unspecified atom stereocenters. The molecule has 4 heterocycles. The normalized spacial score (nSPS) is 16.9. The van der Waals surface area contributed by atoms with Crippen LogP contribution in [-0.4, -0.2) is 36.5 Å². The third-order valence-electron chi connectivity index (χ3n) is 5.33. The van der Waals surface area contributed by atoms with Crippen LogP contribution in [0.25, 0.3) is 11.3 Å². The van der Waals surface area contributed by atoms with Gasteiger partial charge in [-0.05, 0) is 31.0 Å². The first-order valence-corrected chi connectivity index (χ1v) is 9.94. The number of carbonyl (C=O) groups is 1. The van der Waals surface area contributed by atoms with Gasteiger partial charge in [0, 0.05) is 49.6 Å². The number of nitrogens with one attached hydrogen (secondary N) is 1. The molecule has 1 aliphatic heterocycles. The molecule has 1 N–H and O–H groups in total. The molecule has 3 aromatic heterocycles. The minimum absolute atomic E-state index is 0.225. The average Bonchev–Trinajstić information content (AvgIpc) is 3.26. The van der Waals surface area contributed by atoms with Gasteiger partial charge in [0.2, 0.25) is 0 Å². The van der Waals surface area contributed by atoms with Gasteiger partial charge < -0.3 is 5.32 Å². The number of nitrogens with zero attached hydrogens (tertiary/aromatic N) is 5. The van der Waals surface area contributed by atoms with Crippen molar-refractivity contribution in [1.82, 2.24) is 29.9 Å². The van der Waals surface area contributed by atoms with E-state index in [4.69, 9.17) is 0 Å². The third kappa shape index (κ3) is 4.86. The predicted octanol–water partition coefficient (Wildman–Crippen LogP) is 3.85. The van der Waals surface area contributed by atoms with Crippen LogP contribution in [0.1, 0.15) is 40.4 Å². The second-order valence-corrected chi connectivity index (χ2v) is 7.72. The van der Waals surface area contributed by atoms with E-state index in [0.29, 0.717) is 43.3 Å². The van der Waals surface area contributed by atoms with Crippen LogP contribution in [0.5, 0.6) is 0 Å². The fourth-order valence-corrected chi connectivity index (χ4v) is 3.74. The second kappa shape index (κ2) is 8.19. The van der Waals surface area contributed by atoms with Gasteiger partial charge in [0.1, 0.15) is 11.4 Å². The average molecular weight is 472 g/mol. The predicted molar refractivity (Wildman–Crippen MR) is 103 cm³/mol. The van der Waals surface area contributed by atoms with E-state index in [0.717, 1.165) is 16.9 Å². The maximum absolute atomic E-state index is 13.0. The highest BCUT2D eigenvalue weighted by atomic mass is 19.4. The van der Waals surface area contributed by atoms with Crippen LogP contribution < -0.4 is 5.32 Å². The Morgan fingerprint density at radius 2 is 1.79 bits per heavy atom. The Bertz CT molecular complexity index is 1180. The van der Waals surface area contributed by atoms with E-state index in [2.05, 4.69) is 20.5 Å². The Hall–Kier alpha value is -3.38. The number of alkyl halides is 6. The summed E-state index contributed by atoms with van der Waals surface area (Å²) in [6, 6.07) is 4.29. The van der Waals surface area contributed by atoms with Gasteiger partial charge in [-0.15, -0.1) is 0 Å². The smallest absolute Gasteiger partial charge is 0.348 e. The van der Waals surface area contributed by atoms with E-state index in [1.807, 2.05) is 0 Å². The lowest BCUT2D eigenvalue weighted by atomic mass is 10.1. The van der Waals surface area contributed by atoms with Crippen molar-refractivity contribution in [3.05, 3.63) is 53.2 Å². The summed E-state index contributed by atoms with van der Waals surface area (Å²) in [6.45, 7) is 0.489. The van der Waals surface area contributed by atoms with Gasteiger partial charge in [0.05, 0.1) is 5.69 Å². The Labute approximate surface area is 183 Å².